The molecule has 2 rings (SSSR count). The quantitative estimate of drug-likeness (QED) is 0.828. The number of rotatable bonds is 4. The molecule has 0 unspecified atom stereocenters. The molecule has 0 radical (unpaired) electrons. The van der Waals surface area contributed by atoms with Crippen LogP contribution in [0.4, 0.5) is 5.69 Å². The van der Waals surface area contributed by atoms with Crippen LogP contribution in [0.3, 0.4) is 0 Å². The summed E-state index contributed by atoms with van der Waals surface area (Å²) in [5.41, 5.74) is 3.67. The largest absolute Gasteiger partial charge is 0.391 e. The molecule has 0 aliphatic heterocycles. The number of benzene rings is 1. The van der Waals surface area contributed by atoms with Gasteiger partial charge in [-0.2, -0.15) is 0 Å². The van der Waals surface area contributed by atoms with Crippen molar-refractivity contribution in [2.24, 2.45) is 5.92 Å². The molecule has 0 bridgehead atoms. The highest BCUT2D eigenvalue weighted by atomic mass is 15.1. The maximum atomic E-state index is 3.31. The highest BCUT2D eigenvalue weighted by Crippen LogP contribution is 2.20. The van der Waals surface area contributed by atoms with E-state index in [0.717, 1.165) is 6.42 Å². The van der Waals surface area contributed by atoms with Crippen molar-refractivity contribution in [1.82, 2.24) is 5.32 Å². The Bertz CT molecular complexity index is 480. The molecule has 0 atom stereocenters. The van der Waals surface area contributed by atoms with E-state index in [0.29, 0.717) is 5.92 Å². The van der Waals surface area contributed by atoms with Gasteiger partial charge in [0.05, 0.1) is 0 Å². The zero-order valence-corrected chi connectivity index (χ0v) is 11.9. The van der Waals surface area contributed by atoms with E-state index < -0.39 is 0 Å². The molecule has 1 aromatic rings. The van der Waals surface area contributed by atoms with Gasteiger partial charge in [0, 0.05) is 38.4 Å². The molecule has 0 aromatic heterocycles. The Kier molecular flexibility index (Phi) is 4.45. The fraction of sp³-hybridized carbons (Fsp3) is 0.294. The molecule has 0 fully saturated rings. The smallest absolute Gasteiger partial charge is 0.0361 e. The molecule has 0 spiro atoms. The summed E-state index contributed by atoms with van der Waals surface area (Å²) in [6.45, 7) is 0. The minimum Gasteiger partial charge on any atom is -0.391 e. The van der Waals surface area contributed by atoms with Crippen molar-refractivity contribution in [2.45, 2.75) is 6.42 Å². The van der Waals surface area contributed by atoms with E-state index >= 15 is 0 Å². The van der Waals surface area contributed by atoms with Crippen LogP contribution in [0.25, 0.3) is 6.08 Å². The average Bonchev–Trinajstić information content (AvgIpc) is 2.46. The Hall–Kier alpha value is -1.96. The third-order valence-electron chi connectivity index (χ3n) is 3.34. The molecule has 2 nitrogen and oxygen atoms in total. The standard InChI is InChI=1S/C17H22N2/c1-18-17(15-7-5-4-6-8-15)13-14-9-11-16(12-10-14)19(2)3/h5-13,15,18H,4H2,1-3H3. The molecule has 1 aromatic carbocycles. The van der Waals surface area contributed by atoms with Crippen LogP contribution in [-0.2, 0) is 0 Å². The third kappa shape index (κ3) is 3.50. The van der Waals surface area contributed by atoms with E-state index in [4.69, 9.17) is 0 Å². The fourth-order valence-corrected chi connectivity index (χ4v) is 2.18. The Morgan fingerprint density at radius 1 is 1.16 bits per heavy atom. The van der Waals surface area contributed by atoms with Gasteiger partial charge in [-0.25, -0.2) is 0 Å². The van der Waals surface area contributed by atoms with Crippen molar-refractivity contribution in [3.8, 4) is 0 Å². The van der Waals surface area contributed by atoms with Crippen molar-refractivity contribution in [2.75, 3.05) is 26.0 Å². The second-order valence-corrected chi connectivity index (χ2v) is 4.95. The molecule has 0 saturated heterocycles. The van der Waals surface area contributed by atoms with Gasteiger partial charge in [0.25, 0.3) is 0 Å². The summed E-state index contributed by atoms with van der Waals surface area (Å²) in [6.07, 6.45) is 12.2. The van der Waals surface area contributed by atoms with Crippen molar-refractivity contribution in [1.29, 1.82) is 0 Å². The van der Waals surface area contributed by atoms with Crippen LogP contribution in [0, 0.1) is 5.92 Å². The van der Waals surface area contributed by atoms with Crippen LogP contribution >= 0.6 is 0 Å². The maximum absolute atomic E-state index is 3.31. The predicted octanol–water partition coefficient (Wildman–Crippen LogP) is 3.45. The summed E-state index contributed by atoms with van der Waals surface area (Å²) in [7, 11) is 6.10. The summed E-state index contributed by atoms with van der Waals surface area (Å²) in [6, 6.07) is 8.60. The van der Waals surface area contributed by atoms with Gasteiger partial charge in [-0.3, -0.25) is 0 Å². The number of allylic oxidation sites excluding steroid dienone is 3. The molecule has 0 saturated carbocycles. The second-order valence-electron chi connectivity index (χ2n) is 4.95. The lowest BCUT2D eigenvalue weighted by atomic mass is 9.98. The minimum absolute atomic E-state index is 0.368. The summed E-state index contributed by atoms with van der Waals surface area (Å²) in [4.78, 5) is 2.11. The lowest BCUT2D eigenvalue weighted by Crippen LogP contribution is -2.14. The lowest BCUT2D eigenvalue weighted by molar-refractivity contribution is 0.825. The molecule has 0 heterocycles. The average molecular weight is 254 g/mol. The van der Waals surface area contributed by atoms with Crippen molar-refractivity contribution < 1.29 is 0 Å². The summed E-state index contributed by atoms with van der Waals surface area (Å²) in [5, 5.41) is 3.31. The van der Waals surface area contributed by atoms with Gasteiger partial charge >= 0.3 is 0 Å². The fourth-order valence-electron chi connectivity index (χ4n) is 2.18. The molecule has 1 aliphatic rings. The topological polar surface area (TPSA) is 15.3 Å². The van der Waals surface area contributed by atoms with E-state index in [-0.39, 0.29) is 0 Å². The Morgan fingerprint density at radius 3 is 2.32 bits per heavy atom. The lowest BCUT2D eigenvalue weighted by Gasteiger charge is -2.16. The van der Waals surface area contributed by atoms with Crippen molar-refractivity contribution in [3.05, 3.63) is 59.8 Å². The van der Waals surface area contributed by atoms with Crippen molar-refractivity contribution >= 4 is 11.8 Å². The summed E-state index contributed by atoms with van der Waals surface area (Å²) in [5.74, 6) is 0.368. The van der Waals surface area contributed by atoms with Crippen LogP contribution in [-0.4, -0.2) is 21.1 Å². The Labute approximate surface area is 116 Å². The van der Waals surface area contributed by atoms with E-state index in [9.17, 15) is 0 Å². The van der Waals surface area contributed by atoms with Gasteiger partial charge in [0.1, 0.15) is 0 Å². The first-order valence-electron chi connectivity index (χ1n) is 6.71. The molecule has 0 amide bonds. The zero-order valence-electron chi connectivity index (χ0n) is 11.9. The molecule has 19 heavy (non-hydrogen) atoms. The van der Waals surface area contributed by atoms with Crippen LogP contribution in [0.2, 0.25) is 0 Å². The van der Waals surface area contributed by atoms with Crippen LogP contribution < -0.4 is 10.2 Å². The van der Waals surface area contributed by atoms with Gasteiger partial charge in [0.15, 0.2) is 0 Å². The minimum atomic E-state index is 0.368. The van der Waals surface area contributed by atoms with E-state index in [1.54, 1.807) is 0 Å². The van der Waals surface area contributed by atoms with E-state index in [1.807, 2.05) is 7.05 Å². The number of nitrogens with one attached hydrogen (secondary N) is 1. The summed E-state index contributed by atoms with van der Waals surface area (Å²) >= 11 is 0. The number of anilines is 1. The normalized spacial score (nSPS) is 15.6. The molecule has 100 valence electrons. The number of nitrogens with zero attached hydrogens (tertiary/aromatic N) is 1. The zero-order chi connectivity index (χ0) is 13.7. The highest BCUT2D eigenvalue weighted by Gasteiger charge is 2.08. The summed E-state index contributed by atoms with van der Waals surface area (Å²) < 4.78 is 0. The van der Waals surface area contributed by atoms with Gasteiger partial charge in [0.2, 0.25) is 0 Å². The van der Waals surface area contributed by atoms with Crippen molar-refractivity contribution in [3.63, 3.8) is 0 Å². The molecular formula is C17H22N2. The first-order valence-corrected chi connectivity index (χ1v) is 6.71. The maximum Gasteiger partial charge on any atom is 0.0361 e. The number of hydrogen-bond donors (Lipinski definition) is 1. The Morgan fingerprint density at radius 2 is 1.79 bits per heavy atom. The third-order valence-corrected chi connectivity index (χ3v) is 3.34. The highest BCUT2D eigenvalue weighted by molar-refractivity contribution is 5.58. The van der Waals surface area contributed by atoms with Gasteiger partial charge in [-0.15, -0.1) is 0 Å². The van der Waals surface area contributed by atoms with E-state index in [1.165, 1.54) is 16.9 Å². The van der Waals surface area contributed by atoms with Crippen LogP contribution in [0.15, 0.2) is 54.3 Å². The Balaban J connectivity index is 2.19. The molecular weight excluding hydrogens is 232 g/mol. The van der Waals surface area contributed by atoms with Crippen LogP contribution in [0.5, 0.6) is 0 Å². The SMILES string of the molecule is CNC(=Cc1ccc(N(C)C)cc1)C1C=CCC=C1. The van der Waals surface area contributed by atoms with Gasteiger partial charge in [-0.05, 0) is 30.2 Å². The monoisotopic (exact) mass is 254 g/mol. The van der Waals surface area contributed by atoms with E-state index in [2.05, 4.69) is 79.0 Å². The van der Waals surface area contributed by atoms with Crippen LogP contribution in [0.1, 0.15) is 12.0 Å². The first kappa shape index (κ1) is 13.5. The first-order chi connectivity index (χ1) is 9.20. The number of hydrogen-bond acceptors (Lipinski definition) is 2. The molecule has 1 aliphatic carbocycles. The molecule has 2 heteroatoms. The van der Waals surface area contributed by atoms with Gasteiger partial charge in [-0.1, -0.05) is 36.4 Å². The second kappa shape index (κ2) is 6.28. The molecule has 1 N–H and O–H groups in total. The predicted molar refractivity (Wildman–Crippen MR) is 84.2 cm³/mol. The van der Waals surface area contributed by atoms with Gasteiger partial charge < -0.3 is 10.2 Å².